The van der Waals surface area contributed by atoms with Gasteiger partial charge < -0.3 is 20.1 Å². The van der Waals surface area contributed by atoms with E-state index in [0.29, 0.717) is 24.0 Å². The zero-order chi connectivity index (χ0) is 18.4. The van der Waals surface area contributed by atoms with Gasteiger partial charge >= 0.3 is 0 Å². The van der Waals surface area contributed by atoms with Crippen LogP contribution in [0.3, 0.4) is 0 Å². The van der Waals surface area contributed by atoms with Crippen molar-refractivity contribution >= 4 is 21.5 Å². The Kier molecular flexibility index (Phi) is 6.89. The molecule has 7 nitrogen and oxygen atoms in total. The fourth-order valence-corrected chi connectivity index (χ4v) is 2.04. The lowest BCUT2D eigenvalue weighted by Gasteiger charge is -2.21. The van der Waals surface area contributed by atoms with Crippen molar-refractivity contribution in [2.75, 3.05) is 38.9 Å². The van der Waals surface area contributed by atoms with Crippen LogP contribution in [0.1, 0.15) is 20.8 Å². The maximum Gasteiger partial charge on any atom is 0.195 e. The summed E-state index contributed by atoms with van der Waals surface area (Å²) in [5, 5.41) is 6.23. The van der Waals surface area contributed by atoms with Gasteiger partial charge in [0, 0.05) is 24.6 Å². The fourth-order valence-electron chi connectivity index (χ4n) is 1.74. The number of guanidine groups is 1. The Hall–Kier alpha value is -1.96. The summed E-state index contributed by atoms with van der Waals surface area (Å²) in [4.78, 5) is 4.39. The second kappa shape index (κ2) is 8.23. The number of anilines is 1. The predicted octanol–water partition coefficient (Wildman–Crippen LogP) is 1.90. The maximum absolute atomic E-state index is 11.8. The van der Waals surface area contributed by atoms with E-state index >= 15 is 0 Å². The summed E-state index contributed by atoms with van der Waals surface area (Å²) in [5.41, 5.74) is 0.754. The summed E-state index contributed by atoms with van der Waals surface area (Å²) in [6.45, 7) is 6.05. The van der Waals surface area contributed by atoms with Crippen molar-refractivity contribution in [1.82, 2.24) is 5.32 Å². The maximum atomic E-state index is 11.8. The minimum atomic E-state index is -3.20. The van der Waals surface area contributed by atoms with Crippen molar-refractivity contribution in [3.05, 3.63) is 18.2 Å². The first-order valence-electron chi connectivity index (χ1n) is 7.61. The Morgan fingerprint density at radius 2 is 1.83 bits per heavy atom. The molecule has 0 bridgehead atoms. The van der Waals surface area contributed by atoms with Gasteiger partial charge in [0.2, 0.25) is 0 Å². The van der Waals surface area contributed by atoms with E-state index in [-0.39, 0.29) is 6.54 Å². The summed E-state index contributed by atoms with van der Waals surface area (Å²) in [5.74, 6) is 1.72. The van der Waals surface area contributed by atoms with E-state index in [1.165, 1.54) is 6.26 Å². The van der Waals surface area contributed by atoms with E-state index in [4.69, 9.17) is 9.47 Å². The number of rotatable bonds is 7. The summed E-state index contributed by atoms with van der Waals surface area (Å²) in [6, 6.07) is 5.40. The number of nitrogens with zero attached hydrogens (tertiary/aromatic N) is 1. The zero-order valence-electron chi connectivity index (χ0n) is 15.1. The third-order valence-corrected chi connectivity index (χ3v) is 5.75. The molecule has 0 radical (unpaired) electrons. The molecule has 0 aliphatic heterocycles. The molecular weight excluding hydrogens is 330 g/mol. The van der Waals surface area contributed by atoms with Gasteiger partial charge in [-0.1, -0.05) is 0 Å². The number of hydrogen-bond donors (Lipinski definition) is 2. The van der Waals surface area contributed by atoms with E-state index in [9.17, 15) is 8.42 Å². The molecule has 0 saturated carbocycles. The average molecular weight is 357 g/mol. The quantitative estimate of drug-likeness (QED) is 0.572. The highest BCUT2D eigenvalue weighted by Gasteiger charge is 2.29. The summed E-state index contributed by atoms with van der Waals surface area (Å²) in [6.07, 6.45) is 1.22. The van der Waals surface area contributed by atoms with Crippen LogP contribution in [-0.4, -0.2) is 52.7 Å². The Morgan fingerprint density at radius 3 is 2.33 bits per heavy atom. The molecule has 0 heterocycles. The van der Waals surface area contributed by atoms with Crippen molar-refractivity contribution in [2.24, 2.45) is 4.99 Å². The number of methoxy groups -OCH3 is 2. The first kappa shape index (κ1) is 20.1. The average Bonchev–Trinajstić information content (AvgIpc) is 2.51. The van der Waals surface area contributed by atoms with Gasteiger partial charge in [0.15, 0.2) is 27.3 Å². The van der Waals surface area contributed by atoms with Crippen LogP contribution in [0.15, 0.2) is 23.2 Å². The molecule has 0 fully saturated rings. The Labute approximate surface area is 144 Å². The smallest absolute Gasteiger partial charge is 0.195 e. The van der Waals surface area contributed by atoms with Crippen LogP contribution in [0.2, 0.25) is 0 Å². The SMILES string of the molecule is CCNC(=NCC(C)(C)S(C)(=O)=O)Nc1ccc(OC)c(OC)c1. The molecule has 1 aromatic carbocycles. The van der Waals surface area contributed by atoms with Crippen molar-refractivity contribution in [1.29, 1.82) is 0 Å². The lowest BCUT2D eigenvalue weighted by molar-refractivity contribution is 0.355. The topological polar surface area (TPSA) is 89.0 Å². The molecule has 1 aromatic rings. The number of nitrogens with one attached hydrogen (secondary N) is 2. The molecule has 8 heteroatoms. The van der Waals surface area contributed by atoms with Gasteiger partial charge in [-0.2, -0.15) is 0 Å². The molecule has 0 spiro atoms. The lowest BCUT2D eigenvalue weighted by atomic mass is 10.2. The molecule has 0 amide bonds. The number of benzene rings is 1. The Bertz CT molecular complexity index is 685. The van der Waals surface area contributed by atoms with Gasteiger partial charge in [-0.3, -0.25) is 4.99 Å². The highest BCUT2D eigenvalue weighted by molar-refractivity contribution is 7.92. The first-order chi connectivity index (χ1) is 11.1. The van der Waals surface area contributed by atoms with Crippen molar-refractivity contribution in [3.8, 4) is 11.5 Å². The third kappa shape index (κ3) is 5.30. The van der Waals surface area contributed by atoms with E-state index < -0.39 is 14.6 Å². The van der Waals surface area contributed by atoms with Crippen molar-refractivity contribution < 1.29 is 17.9 Å². The Morgan fingerprint density at radius 1 is 1.21 bits per heavy atom. The number of aliphatic imine (C=N–C) groups is 1. The lowest BCUT2D eigenvalue weighted by Crippen LogP contribution is -2.37. The van der Waals surface area contributed by atoms with Crippen LogP contribution in [-0.2, 0) is 9.84 Å². The highest BCUT2D eigenvalue weighted by atomic mass is 32.2. The molecule has 0 saturated heterocycles. The molecule has 0 atom stereocenters. The molecular formula is C16H27N3O4S. The van der Waals surface area contributed by atoms with Crippen molar-refractivity contribution in [3.63, 3.8) is 0 Å². The minimum absolute atomic E-state index is 0.147. The van der Waals surface area contributed by atoms with E-state index in [0.717, 1.165) is 5.69 Å². The van der Waals surface area contributed by atoms with E-state index in [2.05, 4.69) is 15.6 Å². The van der Waals surface area contributed by atoms with E-state index in [1.54, 1.807) is 40.2 Å². The largest absolute Gasteiger partial charge is 0.493 e. The van der Waals surface area contributed by atoms with Crippen molar-refractivity contribution in [2.45, 2.75) is 25.5 Å². The second-order valence-corrected chi connectivity index (χ2v) is 8.57. The Balaban J connectivity index is 3.00. The van der Waals surface area contributed by atoms with Crippen LogP contribution >= 0.6 is 0 Å². The van der Waals surface area contributed by atoms with Gasteiger partial charge in [0.25, 0.3) is 0 Å². The summed E-state index contributed by atoms with van der Waals surface area (Å²) >= 11 is 0. The number of ether oxygens (including phenoxy) is 2. The van der Waals surface area contributed by atoms with Gasteiger partial charge in [0.05, 0.1) is 25.5 Å². The molecule has 0 aromatic heterocycles. The normalized spacial score (nSPS) is 12.7. The summed E-state index contributed by atoms with van der Waals surface area (Å²) < 4.78 is 33.1. The number of hydrogen-bond acceptors (Lipinski definition) is 5. The molecule has 1 rings (SSSR count). The molecule has 0 aliphatic carbocycles. The second-order valence-electron chi connectivity index (χ2n) is 5.92. The van der Waals surface area contributed by atoms with Crippen LogP contribution in [0.5, 0.6) is 11.5 Å². The highest BCUT2D eigenvalue weighted by Crippen LogP contribution is 2.29. The number of sulfone groups is 1. The van der Waals surface area contributed by atoms with Gasteiger partial charge in [-0.25, -0.2) is 8.42 Å². The van der Waals surface area contributed by atoms with Gasteiger partial charge in [-0.05, 0) is 32.9 Å². The monoisotopic (exact) mass is 357 g/mol. The third-order valence-electron chi connectivity index (χ3n) is 3.61. The van der Waals surface area contributed by atoms with E-state index in [1.807, 2.05) is 13.0 Å². The zero-order valence-corrected chi connectivity index (χ0v) is 16.0. The standard InChI is InChI=1S/C16H27N3O4S/c1-7-17-15(18-11-16(2,3)24(6,20)21)19-12-8-9-13(22-4)14(10-12)23-5/h8-10H,7,11H2,1-6H3,(H2,17,18,19). The van der Waals surface area contributed by atoms with Gasteiger partial charge in [-0.15, -0.1) is 0 Å². The van der Waals surface area contributed by atoms with Crippen LogP contribution in [0.25, 0.3) is 0 Å². The van der Waals surface area contributed by atoms with Gasteiger partial charge in [0.1, 0.15) is 0 Å². The molecule has 136 valence electrons. The molecule has 0 unspecified atom stereocenters. The molecule has 24 heavy (non-hydrogen) atoms. The fraction of sp³-hybridized carbons (Fsp3) is 0.562. The van der Waals surface area contributed by atoms with Crippen LogP contribution in [0.4, 0.5) is 5.69 Å². The summed E-state index contributed by atoms with van der Waals surface area (Å²) in [7, 11) is -0.0665. The minimum Gasteiger partial charge on any atom is -0.493 e. The first-order valence-corrected chi connectivity index (χ1v) is 9.50. The van der Waals surface area contributed by atoms with Crippen LogP contribution < -0.4 is 20.1 Å². The molecule has 2 N–H and O–H groups in total. The predicted molar refractivity (Wildman–Crippen MR) is 98.1 cm³/mol. The molecule has 0 aliphatic rings. The van der Waals surface area contributed by atoms with Crippen LogP contribution in [0, 0.1) is 0 Å².